The average molecular weight is 1320 g/mol. The summed E-state index contributed by atoms with van der Waals surface area (Å²) in [6, 6.07) is 51.9. The Hall–Kier alpha value is -10.5. The Bertz CT molecular complexity index is 3600. The number of aliphatic hydroxyl groups excluding tert-OH is 4. The van der Waals surface area contributed by atoms with Gasteiger partial charge < -0.3 is 77.6 Å². The molecule has 0 radical (unpaired) electrons. The smallest absolute Gasteiger partial charge is 0.338 e. The van der Waals surface area contributed by atoms with Crippen LogP contribution in [0.1, 0.15) is 106 Å². The molecule has 11 unspecified atom stereocenters. The van der Waals surface area contributed by atoms with Crippen LogP contribution in [0.4, 0.5) is 0 Å². The quantitative estimate of drug-likeness (QED) is 0.0159. The molecule has 0 aliphatic carbocycles. The molecule has 7 aromatic rings. The molecule has 0 aliphatic heterocycles. The third-order valence-corrected chi connectivity index (χ3v) is 14.1. The summed E-state index contributed by atoms with van der Waals surface area (Å²) in [5, 5.41) is 58.9. The SMILES string of the molecule is CC(=O)OC(CCOC(O)C(OC(=O)c1ccccc1)C(OC(=O)c1ccccc1)C(CCOC(=O)c1ccccc1)OC(=O)c1ccccc1)C(OC(O)C(OC(=O)c1ccccc1)C(O)C(CCOC(=O)c1ccccc1)OC(=O)c1ccccc1)C(OC(C)=O)C(O)O. The van der Waals surface area contributed by atoms with Gasteiger partial charge in [-0.2, -0.15) is 0 Å². The summed E-state index contributed by atoms with van der Waals surface area (Å²) in [5.41, 5.74) is -0.162. The Balaban J connectivity index is 1.25. The number of hydrogen-bond donors (Lipinski definition) is 5. The first-order valence-corrected chi connectivity index (χ1v) is 30.0. The molecule has 0 amide bonds. The van der Waals surface area contributed by atoms with Gasteiger partial charge in [-0.05, 0) is 84.9 Å². The second kappa shape index (κ2) is 37.4. The van der Waals surface area contributed by atoms with E-state index in [0.717, 1.165) is 13.8 Å². The third kappa shape index (κ3) is 22.3. The van der Waals surface area contributed by atoms with Crippen LogP contribution in [-0.4, -0.2) is 173 Å². The highest BCUT2D eigenvalue weighted by atomic mass is 16.7. The van der Waals surface area contributed by atoms with E-state index in [9.17, 15) is 68.7 Å². The van der Waals surface area contributed by atoms with Gasteiger partial charge in [0.2, 0.25) is 0 Å². The zero-order valence-corrected chi connectivity index (χ0v) is 51.8. The summed E-state index contributed by atoms with van der Waals surface area (Å²) in [6.07, 6.45) is -29.5. The lowest BCUT2D eigenvalue weighted by Crippen LogP contribution is -2.56. The summed E-state index contributed by atoms with van der Waals surface area (Å²) in [7, 11) is 0. The molecule has 0 bridgehead atoms. The molecule has 0 saturated heterocycles. The van der Waals surface area contributed by atoms with E-state index < -0.39 is 167 Å². The van der Waals surface area contributed by atoms with Crippen molar-refractivity contribution in [3.05, 3.63) is 251 Å². The number of ether oxygens (including phenoxy) is 11. The highest BCUT2D eigenvalue weighted by Crippen LogP contribution is 2.28. The first kappa shape index (κ1) is 72.9. The van der Waals surface area contributed by atoms with Crippen LogP contribution < -0.4 is 0 Å². The van der Waals surface area contributed by atoms with Crippen LogP contribution >= 0.6 is 0 Å². The molecule has 5 N–H and O–H groups in total. The van der Waals surface area contributed by atoms with Gasteiger partial charge in [0.05, 0.1) is 58.8 Å². The zero-order chi connectivity index (χ0) is 68.9. The number of carbonyl (C=O) groups is 9. The molecule has 0 fully saturated rings. The lowest BCUT2D eigenvalue weighted by atomic mass is 10.0. The molecule has 504 valence electrons. The molecule has 7 aromatic carbocycles. The van der Waals surface area contributed by atoms with Crippen LogP contribution in [0.25, 0.3) is 0 Å². The minimum atomic E-state index is -2.78. The molecular formula is C71H70O25. The lowest BCUT2D eigenvalue weighted by molar-refractivity contribution is -0.275. The first-order valence-electron chi connectivity index (χ1n) is 30.0. The summed E-state index contributed by atoms with van der Waals surface area (Å²) in [5.74, 6) is -9.61. The maximum Gasteiger partial charge on any atom is 0.338 e. The van der Waals surface area contributed by atoms with Crippen molar-refractivity contribution in [2.24, 2.45) is 0 Å². The van der Waals surface area contributed by atoms with Gasteiger partial charge in [-0.15, -0.1) is 0 Å². The van der Waals surface area contributed by atoms with Crippen molar-refractivity contribution in [1.29, 1.82) is 0 Å². The number of hydrogen-bond acceptors (Lipinski definition) is 25. The van der Waals surface area contributed by atoms with Crippen molar-refractivity contribution >= 4 is 53.7 Å². The van der Waals surface area contributed by atoms with E-state index in [-0.39, 0.29) is 38.9 Å². The topological polar surface area (TPSA) is 356 Å². The number of esters is 9. The van der Waals surface area contributed by atoms with Crippen LogP contribution in [0.5, 0.6) is 0 Å². The predicted octanol–water partition coefficient (Wildman–Crippen LogP) is 6.57. The minimum absolute atomic E-state index is 0.0201. The zero-order valence-electron chi connectivity index (χ0n) is 51.8. The van der Waals surface area contributed by atoms with Gasteiger partial charge >= 0.3 is 53.7 Å². The molecule has 0 saturated carbocycles. The third-order valence-electron chi connectivity index (χ3n) is 14.1. The summed E-state index contributed by atoms with van der Waals surface area (Å²) < 4.78 is 63.4. The molecule has 7 rings (SSSR count). The van der Waals surface area contributed by atoms with Crippen LogP contribution in [0, 0.1) is 0 Å². The van der Waals surface area contributed by atoms with Gasteiger partial charge in [0, 0.05) is 33.1 Å². The maximum absolute atomic E-state index is 14.3. The number of aliphatic hydroxyl groups is 5. The Labute approximate surface area is 550 Å². The Morgan fingerprint density at radius 1 is 0.292 bits per heavy atom. The Kier molecular flexibility index (Phi) is 28.4. The van der Waals surface area contributed by atoms with Crippen LogP contribution in [0.3, 0.4) is 0 Å². The molecular weight excluding hydrogens is 1250 g/mol. The number of carbonyl (C=O) groups excluding carboxylic acids is 9. The van der Waals surface area contributed by atoms with Gasteiger partial charge in [0.1, 0.15) is 30.5 Å². The highest BCUT2D eigenvalue weighted by molar-refractivity contribution is 5.93. The normalized spacial score (nSPS) is 14.5. The molecule has 0 aliphatic rings. The fourth-order valence-corrected chi connectivity index (χ4v) is 9.46. The number of rotatable bonds is 35. The van der Waals surface area contributed by atoms with Crippen LogP contribution in [0.15, 0.2) is 212 Å². The second-order valence-electron chi connectivity index (χ2n) is 21.1. The minimum Gasteiger partial charge on any atom is -0.462 e. The van der Waals surface area contributed by atoms with E-state index in [2.05, 4.69) is 0 Å². The fraction of sp³-hybridized carbons (Fsp3) is 0.282. The van der Waals surface area contributed by atoms with E-state index in [1.54, 1.807) is 66.7 Å². The van der Waals surface area contributed by atoms with E-state index in [1.807, 2.05) is 0 Å². The first-order chi connectivity index (χ1) is 46.3. The molecule has 0 aromatic heterocycles. The van der Waals surface area contributed by atoms with Gasteiger partial charge in [0.15, 0.2) is 43.3 Å². The molecule has 11 atom stereocenters. The van der Waals surface area contributed by atoms with Crippen molar-refractivity contribution in [3.8, 4) is 0 Å². The largest absolute Gasteiger partial charge is 0.462 e. The molecule has 96 heavy (non-hydrogen) atoms. The molecule has 25 nitrogen and oxygen atoms in total. The standard InChI is InChI=1S/C71H70O25/c1-44(72)89-54(57(60(62(75)76)90-45(2)73)94-71(85)59(95-68(82)51-34-20-8-21-35-51)56(74)53(91-65(79)48-28-14-5-15-29-48)38-41-86-63(77)46-24-10-3-11-25-46)39-43-88-70(84)61(96-69(83)52-36-22-9-23-37-52)58(93-67(81)50-32-18-7-19-33-50)55(92-66(80)49-30-16-6-17-31-49)40-42-87-64(78)47-26-12-4-13-27-47/h3-37,53-62,70-71,74-76,84-85H,38-43H2,1-2H3. The molecule has 25 heteroatoms. The fourth-order valence-electron chi connectivity index (χ4n) is 9.46. The van der Waals surface area contributed by atoms with Crippen molar-refractivity contribution in [2.45, 2.75) is 107 Å². The van der Waals surface area contributed by atoms with Crippen molar-refractivity contribution in [3.63, 3.8) is 0 Å². The second-order valence-corrected chi connectivity index (χ2v) is 21.1. The monoisotopic (exact) mass is 1320 g/mol. The average Bonchev–Trinajstić information content (AvgIpc) is 0.842. The van der Waals surface area contributed by atoms with Crippen LogP contribution in [0.2, 0.25) is 0 Å². The van der Waals surface area contributed by atoms with Gasteiger partial charge in [0.25, 0.3) is 0 Å². The highest BCUT2D eigenvalue weighted by Gasteiger charge is 2.47. The van der Waals surface area contributed by atoms with E-state index in [0.29, 0.717) is 0 Å². The summed E-state index contributed by atoms with van der Waals surface area (Å²) in [4.78, 5) is 123. The van der Waals surface area contributed by atoms with Crippen molar-refractivity contribution in [2.75, 3.05) is 19.8 Å². The van der Waals surface area contributed by atoms with E-state index in [4.69, 9.17) is 52.1 Å². The van der Waals surface area contributed by atoms with Crippen molar-refractivity contribution < 1.29 is 121 Å². The van der Waals surface area contributed by atoms with Gasteiger partial charge in [-0.3, -0.25) is 9.59 Å². The molecule has 0 spiro atoms. The van der Waals surface area contributed by atoms with Gasteiger partial charge in [-0.1, -0.05) is 127 Å². The Morgan fingerprint density at radius 3 is 0.938 bits per heavy atom. The van der Waals surface area contributed by atoms with E-state index >= 15 is 0 Å². The predicted molar refractivity (Wildman–Crippen MR) is 334 cm³/mol. The van der Waals surface area contributed by atoms with Gasteiger partial charge in [-0.25, -0.2) is 33.6 Å². The summed E-state index contributed by atoms with van der Waals surface area (Å²) >= 11 is 0. The maximum atomic E-state index is 14.3. The Morgan fingerprint density at radius 2 is 0.583 bits per heavy atom. The van der Waals surface area contributed by atoms with Crippen LogP contribution in [-0.2, 0) is 61.7 Å². The number of benzene rings is 7. The van der Waals surface area contributed by atoms with E-state index in [1.165, 1.54) is 146 Å². The molecule has 0 heterocycles. The van der Waals surface area contributed by atoms with Crippen molar-refractivity contribution in [1.82, 2.24) is 0 Å². The lowest BCUT2D eigenvalue weighted by Gasteiger charge is -2.38. The summed E-state index contributed by atoms with van der Waals surface area (Å²) in [6.45, 7) is -0.326.